The first-order valence-electron chi connectivity index (χ1n) is 14.2. The second-order valence-electron chi connectivity index (χ2n) is 14.4. The van der Waals surface area contributed by atoms with Gasteiger partial charge in [0.15, 0.2) is 5.79 Å². The van der Waals surface area contributed by atoms with Crippen LogP contribution in [0.4, 0.5) is 0 Å². The third-order valence-corrected chi connectivity index (χ3v) is 13.0. The molecule has 0 radical (unpaired) electrons. The van der Waals surface area contributed by atoms with Crippen LogP contribution in [0.25, 0.3) is 0 Å². The van der Waals surface area contributed by atoms with Crippen molar-refractivity contribution in [3.05, 3.63) is 0 Å². The highest BCUT2D eigenvalue weighted by molar-refractivity contribution is 5.32. The van der Waals surface area contributed by atoms with Gasteiger partial charge in [-0.25, -0.2) is 0 Å². The van der Waals surface area contributed by atoms with Crippen LogP contribution in [-0.4, -0.2) is 102 Å². The predicted molar refractivity (Wildman–Crippen MR) is 125 cm³/mol. The molecule has 0 amide bonds. The third kappa shape index (κ3) is 2.83. The molecule has 7 fully saturated rings. The number of ether oxygens (including phenoxy) is 1. The van der Waals surface area contributed by atoms with Crippen LogP contribution in [0, 0.1) is 40.9 Å². The fourth-order valence-corrected chi connectivity index (χ4v) is 11.6. The quantitative estimate of drug-likeness (QED) is 0.150. The number of rotatable bonds is 0. The minimum Gasteiger partial charge on any atom is -1.00 e. The SMILES string of the molecule is C[C@H]1CC[C@@H]2[NH+](CC3C4C[C@@]56O[C@@]7(O)C(C[C@@H](O)C5[C@]4(O)[C@@H](O)[C@H](O)C3[C@]2(C)O)[C@]6(C)CC[C@@H]7O)C1.[Cl-]. The van der Waals surface area contributed by atoms with Crippen molar-refractivity contribution in [3.63, 3.8) is 0 Å². The van der Waals surface area contributed by atoms with Gasteiger partial charge in [0, 0.05) is 47.3 Å². The van der Waals surface area contributed by atoms with E-state index in [0.717, 1.165) is 19.4 Å². The molecule has 7 aliphatic rings. The molecule has 0 aromatic carbocycles. The highest BCUT2D eigenvalue weighted by Gasteiger charge is 2.86. The Morgan fingerprint density at radius 3 is 2.35 bits per heavy atom. The molecule has 8 N–H and O–H groups in total. The van der Waals surface area contributed by atoms with Gasteiger partial charge in [0.05, 0.1) is 30.9 Å². The number of fused-ring (bicyclic) bond motifs is 5. The molecule has 3 saturated heterocycles. The Kier molecular flexibility index (Phi) is 5.72. The summed E-state index contributed by atoms with van der Waals surface area (Å²) in [6, 6.07) is -0.0462. The number of hydrogen-bond acceptors (Lipinski definition) is 8. The Bertz CT molecular complexity index is 971. The molecular formula is C27H44ClNO8. The normalized spacial score (nSPS) is 67.6. The van der Waals surface area contributed by atoms with Gasteiger partial charge in [-0.15, -0.1) is 0 Å². The van der Waals surface area contributed by atoms with E-state index in [1.807, 2.05) is 6.92 Å². The molecule has 4 saturated carbocycles. The van der Waals surface area contributed by atoms with Crippen molar-refractivity contribution >= 4 is 0 Å². The molecule has 0 aromatic heterocycles. The van der Waals surface area contributed by atoms with Crippen LogP contribution in [0.5, 0.6) is 0 Å². The molecule has 10 heteroatoms. The zero-order chi connectivity index (χ0) is 25.8. The molecule has 6 unspecified atom stereocenters. The largest absolute Gasteiger partial charge is 1.00 e. The third-order valence-electron chi connectivity index (χ3n) is 13.0. The number of nitrogens with one attached hydrogen (secondary N) is 1. The molecule has 4 aliphatic carbocycles. The van der Waals surface area contributed by atoms with Crippen molar-refractivity contribution in [2.24, 2.45) is 40.9 Å². The maximum Gasteiger partial charge on any atom is 0.196 e. The summed E-state index contributed by atoms with van der Waals surface area (Å²) in [6.07, 6.45) is -1.81. The Labute approximate surface area is 224 Å². The highest BCUT2D eigenvalue weighted by atomic mass is 35.5. The first-order valence-corrected chi connectivity index (χ1v) is 14.2. The summed E-state index contributed by atoms with van der Waals surface area (Å²) < 4.78 is 6.51. The summed E-state index contributed by atoms with van der Waals surface area (Å²) in [6.45, 7) is 7.62. The molecule has 3 aliphatic heterocycles. The van der Waals surface area contributed by atoms with Crippen LogP contribution < -0.4 is 17.3 Å². The van der Waals surface area contributed by atoms with E-state index >= 15 is 0 Å². The number of halogens is 1. The first kappa shape index (κ1) is 27.1. The van der Waals surface area contributed by atoms with Crippen LogP contribution in [0.1, 0.15) is 59.3 Å². The lowest BCUT2D eigenvalue weighted by Crippen LogP contribution is -3.22. The lowest BCUT2D eigenvalue weighted by molar-refractivity contribution is -0.954. The molecule has 9 nitrogen and oxygen atoms in total. The molecule has 0 aromatic rings. The second kappa shape index (κ2) is 7.81. The summed E-state index contributed by atoms with van der Waals surface area (Å²) in [7, 11) is 0. The number of aliphatic hydroxyl groups is 7. The smallest absolute Gasteiger partial charge is 0.196 e. The molecule has 17 atom stereocenters. The maximum absolute atomic E-state index is 12.5. The van der Waals surface area contributed by atoms with Crippen molar-refractivity contribution in [1.29, 1.82) is 0 Å². The molecule has 3 heterocycles. The number of aliphatic hydroxyl groups excluding tert-OH is 4. The van der Waals surface area contributed by atoms with Gasteiger partial charge < -0.3 is 57.8 Å². The Morgan fingerprint density at radius 2 is 1.65 bits per heavy atom. The van der Waals surface area contributed by atoms with E-state index in [1.54, 1.807) is 6.92 Å². The van der Waals surface area contributed by atoms with Gasteiger partial charge in [0.25, 0.3) is 0 Å². The number of hydrogen-bond donors (Lipinski definition) is 8. The van der Waals surface area contributed by atoms with E-state index in [4.69, 9.17) is 4.74 Å². The molecule has 7 rings (SSSR count). The minimum atomic E-state index is -1.84. The Morgan fingerprint density at radius 1 is 0.946 bits per heavy atom. The van der Waals surface area contributed by atoms with E-state index < -0.39 is 76.1 Å². The predicted octanol–water partition coefficient (Wildman–Crippen LogP) is -5.23. The standard InChI is InChI=1S/C27H43NO8.ClH/c1-12-4-5-17-24(3,33)19-13(11-28(17)10-12)14-9-25-21(26(14,34)22(32)20(19)31)15(29)8-16-23(25,2)7-6-18(30)27(16,35)36-25;/h12-22,29-35H,4-11H2,1-3H3;1H/t12-,13?,14?,15+,16?,17-,18-,19?,20+,21?,22-,23-,24+,25+,26-,27-;/m0./s1. The lowest BCUT2D eigenvalue weighted by atomic mass is 9.49. The van der Waals surface area contributed by atoms with Crippen LogP contribution >= 0.6 is 0 Å². The average molecular weight is 546 g/mol. The highest BCUT2D eigenvalue weighted by Crippen LogP contribution is 2.76. The summed E-state index contributed by atoms with van der Waals surface area (Å²) in [5, 5.41) is 81.5. The van der Waals surface area contributed by atoms with E-state index in [0.29, 0.717) is 31.7 Å². The monoisotopic (exact) mass is 545 g/mol. The van der Waals surface area contributed by atoms with Gasteiger partial charge in [0.1, 0.15) is 29.5 Å². The second-order valence-corrected chi connectivity index (χ2v) is 14.4. The molecule has 37 heavy (non-hydrogen) atoms. The van der Waals surface area contributed by atoms with E-state index in [2.05, 4.69) is 6.92 Å². The van der Waals surface area contributed by atoms with Crippen LogP contribution in [0.2, 0.25) is 0 Å². The van der Waals surface area contributed by atoms with Crippen LogP contribution in [0.15, 0.2) is 0 Å². The zero-order valence-corrected chi connectivity index (χ0v) is 22.7. The molecule has 1 spiro atoms. The van der Waals surface area contributed by atoms with Crippen molar-refractivity contribution < 1.29 is 57.8 Å². The van der Waals surface area contributed by atoms with Gasteiger partial charge in [-0.1, -0.05) is 13.8 Å². The summed E-state index contributed by atoms with van der Waals surface area (Å²) in [5.74, 6) is -4.15. The van der Waals surface area contributed by atoms with Gasteiger partial charge in [-0.05, 0) is 39.0 Å². The number of quaternary nitrogens is 1. The van der Waals surface area contributed by atoms with Gasteiger partial charge in [-0.3, -0.25) is 0 Å². The van der Waals surface area contributed by atoms with Crippen molar-refractivity contribution in [2.75, 3.05) is 13.1 Å². The van der Waals surface area contributed by atoms with Gasteiger partial charge in [0.2, 0.25) is 0 Å². The van der Waals surface area contributed by atoms with E-state index in [1.165, 1.54) is 4.90 Å². The summed E-state index contributed by atoms with van der Waals surface area (Å²) >= 11 is 0. The fourth-order valence-electron chi connectivity index (χ4n) is 11.6. The number of piperidine rings is 2. The van der Waals surface area contributed by atoms with Crippen molar-refractivity contribution in [2.45, 2.75) is 112 Å². The van der Waals surface area contributed by atoms with E-state index in [-0.39, 0.29) is 30.8 Å². The van der Waals surface area contributed by atoms with Crippen LogP contribution in [0.3, 0.4) is 0 Å². The van der Waals surface area contributed by atoms with Gasteiger partial charge in [-0.2, -0.15) is 0 Å². The summed E-state index contributed by atoms with van der Waals surface area (Å²) in [4.78, 5) is 1.28. The Balaban J connectivity index is 0.00000252. The topological polar surface area (TPSA) is 155 Å². The fraction of sp³-hybridized carbons (Fsp3) is 1.00. The summed E-state index contributed by atoms with van der Waals surface area (Å²) in [5.41, 5.74) is -4.82. The van der Waals surface area contributed by atoms with Crippen molar-refractivity contribution in [1.82, 2.24) is 0 Å². The zero-order valence-electron chi connectivity index (χ0n) is 21.9. The van der Waals surface area contributed by atoms with Gasteiger partial charge >= 0.3 is 0 Å². The average Bonchev–Trinajstić information content (AvgIpc) is 3.08. The molecule has 212 valence electrons. The molecule has 4 bridgehead atoms. The van der Waals surface area contributed by atoms with Crippen LogP contribution in [-0.2, 0) is 4.74 Å². The van der Waals surface area contributed by atoms with Crippen molar-refractivity contribution in [3.8, 4) is 0 Å². The Hall–Kier alpha value is -0.0700. The molecular weight excluding hydrogens is 502 g/mol. The first-order chi connectivity index (χ1) is 16.7. The minimum absolute atomic E-state index is 0. The maximum atomic E-state index is 12.5. The van der Waals surface area contributed by atoms with E-state index in [9.17, 15) is 35.7 Å². The lowest BCUT2D eigenvalue weighted by Gasteiger charge is -2.61.